The Bertz CT molecular complexity index is 2010. The van der Waals surface area contributed by atoms with E-state index in [-0.39, 0.29) is 25.0 Å². The van der Waals surface area contributed by atoms with Gasteiger partial charge in [-0.3, -0.25) is 14.7 Å². The van der Waals surface area contributed by atoms with Crippen LogP contribution in [0.3, 0.4) is 0 Å². The van der Waals surface area contributed by atoms with Crippen molar-refractivity contribution in [2.24, 2.45) is 4.99 Å². The summed E-state index contributed by atoms with van der Waals surface area (Å²) in [5.41, 5.74) is 2.82. The molecule has 2 atom stereocenters. The number of aryl methyl sites for hydroxylation is 2. The van der Waals surface area contributed by atoms with Crippen LogP contribution in [-0.4, -0.2) is 70.4 Å². The second-order valence-electron chi connectivity index (χ2n) is 13.1. The van der Waals surface area contributed by atoms with Gasteiger partial charge in [0, 0.05) is 41.2 Å². The molecule has 4 aromatic rings. The van der Waals surface area contributed by atoms with Crippen molar-refractivity contribution in [1.29, 1.82) is 5.26 Å². The second-order valence-corrected chi connectivity index (χ2v) is 14.4. The third-order valence-corrected chi connectivity index (χ3v) is 10.2. The molecular weight excluding hydrogens is 711 g/mol. The maximum Gasteiger partial charge on any atom is 0.326 e. The van der Waals surface area contributed by atoms with Crippen molar-refractivity contribution in [3.63, 3.8) is 0 Å². The van der Waals surface area contributed by atoms with Crippen molar-refractivity contribution in [3.8, 4) is 11.8 Å². The van der Waals surface area contributed by atoms with Crippen LogP contribution in [0.15, 0.2) is 70.2 Å². The number of hydrogen-bond donors (Lipinski definition) is 0. The number of urea groups is 1. The van der Waals surface area contributed by atoms with E-state index in [9.17, 15) is 14.9 Å². The van der Waals surface area contributed by atoms with Gasteiger partial charge in [0.15, 0.2) is 0 Å². The summed E-state index contributed by atoms with van der Waals surface area (Å²) in [7, 11) is 0. The molecule has 0 spiro atoms. The van der Waals surface area contributed by atoms with E-state index < -0.39 is 17.5 Å². The number of amides is 3. The molecule has 51 heavy (non-hydrogen) atoms. The summed E-state index contributed by atoms with van der Waals surface area (Å²) in [5.74, 6) is 1.08. The quantitative estimate of drug-likeness (QED) is 0.187. The monoisotopic (exact) mass is 746 g/mol. The SMILES string of the molecule is CCOc1cc(C(C)(C)C#N)c(Cl)cc1C1=N[C@@H](c2ccc(Cl)cc2)[C@@H](c2ccc(Cl)cc2)N1C(=O)N1CCN(C(=O)c2c(C)noc2C)CC1. The van der Waals surface area contributed by atoms with Gasteiger partial charge in [-0.1, -0.05) is 64.2 Å². The van der Waals surface area contributed by atoms with Crippen LogP contribution in [0.4, 0.5) is 4.79 Å². The summed E-state index contributed by atoms with van der Waals surface area (Å²) in [6.07, 6.45) is 0. The summed E-state index contributed by atoms with van der Waals surface area (Å²) >= 11 is 19.6. The molecule has 0 saturated carbocycles. The van der Waals surface area contributed by atoms with E-state index in [1.165, 1.54) is 0 Å². The highest BCUT2D eigenvalue weighted by Crippen LogP contribution is 2.46. The van der Waals surface area contributed by atoms with Gasteiger partial charge in [-0.2, -0.15) is 5.26 Å². The molecule has 0 bridgehead atoms. The highest BCUT2D eigenvalue weighted by molar-refractivity contribution is 6.32. The van der Waals surface area contributed by atoms with Crippen molar-refractivity contribution < 1.29 is 18.8 Å². The molecule has 1 aromatic heterocycles. The Morgan fingerprint density at radius 3 is 2.08 bits per heavy atom. The van der Waals surface area contributed by atoms with Crippen LogP contribution in [0, 0.1) is 25.2 Å². The lowest BCUT2D eigenvalue weighted by molar-refractivity contribution is 0.0644. The first-order valence-corrected chi connectivity index (χ1v) is 17.8. The summed E-state index contributed by atoms with van der Waals surface area (Å²) in [4.78, 5) is 38.8. The van der Waals surface area contributed by atoms with Crippen LogP contribution in [0.5, 0.6) is 5.75 Å². The number of piperazine rings is 1. The number of amidine groups is 1. The van der Waals surface area contributed by atoms with Crippen molar-refractivity contribution >= 4 is 52.6 Å². The number of benzene rings is 3. The van der Waals surface area contributed by atoms with E-state index in [2.05, 4.69) is 11.2 Å². The molecule has 1 fully saturated rings. The highest BCUT2D eigenvalue weighted by Gasteiger charge is 2.45. The molecule has 1 saturated heterocycles. The van der Waals surface area contributed by atoms with E-state index in [1.807, 2.05) is 31.2 Å². The minimum absolute atomic E-state index is 0.181. The van der Waals surface area contributed by atoms with Crippen molar-refractivity contribution in [3.05, 3.63) is 115 Å². The zero-order valence-corrected chi connectivity index (χ0v) is 31.2. The van der Waals surface area contributed by atoms with Crippen LogP contribution in [-0.2, 0) is 5.41 Å². The number of nitriles is 1. The molecule has 0 radical (unpaired) electrons. The molecular formula is C38H37Cl3N6O4. The number of aliphatic imine (C=N–C) groups is 1. The number of hydrogen-bond acceptors (Lipinski definition) is 7. The molecule has 3 aromatic carbocycles. The van der Waals surface area contributed by atoms with Gasteiger partial charge in [-0.15, -0.1) is 0 Å². The van der Waals surface area contributed by atoms with Crippen LogP contribution in [0.1, 0.15) is 76.9 Å². The molecule has 0 aliphatic carbocycles. The van der Waals surface area contributed by atoms with Crippen LogP contribution in [0.25, 0.3) is 0 Å². The average Bonchev–Trinajstić information content (AvgIpc) is 3.68. The van der Waals surface area contributed by atoms with Gasteiger partial charge in [0.25, 0.3) is 5.91 Å². The predicted octanol–water partition coefficient (Wildman–Crippen LogP) is 8.57. The molecule has 2 aliphatic rings. The number of carbonyl (C=O) groups is 2. The summed E-state index contributed by atoms with van der Waals surface area (Å²) < 4.78 is 11.4. The van der Waals surface area contributed by atoms with Gasteiger partial charge in [-0.05, 0) is 87.7 Å². The van der Waals surface area contributed by atoms with Crippen molar-refractivity contribution in [2.45, 2.75) is 52.1 Å². The Morgan fingerprint density at radius 1 is 0.941 bits per heavy atom. The molecule has 13 heteroatoms. The van der Waals surface area contributed by atoms with Gasteiger partial charge in [-0.25, -0.2) is 4.79 Å². The largest absolute Gasteiger partial charge is 0.493 e. The summed E-state index contributed by atoms with van der Waals surface area (Å²) in [5, 5.41) is 15.4. The molecule has 10 nitrogen and oxygen atoms in total. The number of aromatic nitrogens is 1. The van der Waals surface area contributed by atoms with Crippen molar-refractivity contribution in [2.75, 3.05) is 32.8 Å². The van der Waals surface area contributed by atoms with Gasteiger partial charge >= 0.3 is 6.03 Å². The molecule has 2 aliphatic heterocycles. The maximum absolute atomic E-state index is 15.0. The Hall–Kier alpha value is -4.56. The average molecular weight is 748 g/mol. The minimum Gasteiger partial charge on any atom is -0.493 e. The third-order valence-electron chi connectivity index (χ3n) is 9.34. The lowest BCUT2D eigenvalue weighted by atomic mass is 9.85. The summed E-state index contributed by atoms with van der Waals surface area (Å²) in [6, 6.07) is 19.1. The second kappa shape index (κ2) is 14.6. The number of ether oxygens (including phenoxy) is 1. The molecule has 3 heterocycles. The standard InChI is InChI=1S/C38H37Cl3N6O4/c1-6-50-31-20-29(38(4,5)21-42)30(41)19-28(31)35-43-33(24-7-11-26(39)12-8-24)34(25-9-13-27(40)14-10-25)47(35)37(49)46-17-15-45(16-18-46)36(48)32-22(2)44-51-23(32)3/h7-14,19-20,33-34H,6,15-18H2,1-5H3/t33-,34+/m0/s1. The Labute approximate surface area is 312 Å². The molecule has 0 N–H and O–H groups in total. The molecule has 3 amide bonds. The van der Waals surface area contributed by atoms with Crippen LogP contribution >= 0.6 is 34.8 Å². The first-order chi connectivity index (χ1) is 24.3. The molecule has 264 valence electrons. The fourth-order valence-corrected chi connectivity index (χ4v) is 7.25. The number of nitrogens with zero attached hydrogens (tertiary/aromatic N) is 6. The Morgan fingerprint density at radius 2 is 1.53 bits per heavy atom. The van der Waals surface area contributed by atoms with E-state index in [0.717, 1.165) is 11.1 Å². The predicted molar refractivity (Wildman–Crippen MR) is 197 cm³/mol. The first-order valence-electron chi connectivity index (χ1n) is 16.6. The third kappa shape index (κ3) is 7.03. The maximum atomic E-state index is 15.0. The number of carbonyl (C=O) groups excluding carboxylic acids is 2. The van der Waals surface area contributed by atoms with E-state index in [4.69, 9.17) is 49.1 Å². The van der Waals surface area contributed by atoms with Gasteiger partial charge in [0.05, 0.1) is 35.4 Å². The topological polar surface area (TPSA) is 115 Å². The summed E-state index contributed by atoms with van der Waals surface area (Å²) in [6.45, 7) is 10.4. The fraction of sp³-hybridized carbons (Fsp3) is 0.342. The highest BCUT2D eigenvalue weighted by atomic mass is 35.5. The lowest BCUT2D eigenvalue weighted by Gasteiger charge is -2.39. The Balaban J connectivity index is 1.45. The van der Waals surface area contributed by atoms with Crippen molar-refractivity contribution in [1.82, 2.24) is 19.9 Å². The van der Waals surface area contributed by atoms with Crippen LogP contribution < -0.4 is 4.74 Å². The number of rotatable bonds is 7. The van der Waals surface area contributed by atoms with E-state index >= 15 is 0 Å². The first kappa shape index (κ1) is 36.2. The number of halogens is 3. The van der Waals surface area contributed by atoms with Gasteiger partial charge in [0.1, 0.15) is 29.0 Å². The molecule has 6 rings (SSSR count). The smallest absolute Gasteiger partial charge is 0.326 e. The minimum atomic E-state index is -0.910. The molecule has 0 unspecified atom stereocenters. The lowest BCUT2D eigenvalue weighted by Crippen LogP contribution is -2.55. The van der Waals surface area contributed by atoms with E-state index in [0.29, 0.717) is 74.5 Å². The van der Waals surface area contributed by atoms with Crippen LogP contribution in [0.2, 0.25) is 15.1 Å². The van der Waals surface area contributed by atoms with Gasteiger partial charge in [0.2, 0.25) is 0 Å². The Kier molecular flexibility index (Phi) is 10.4. The van der Waals surface area contributed by atoms with E-state index in [1.54, 1.807) is 78.8 Å². The zero-order chi connectivity index (χ0) is 36.6. The fourth-order valence-electron chi connectivity index (χ4n) is 6.60. The zero-order valence-electron chi connectivity index (χ0n) is 28.9. The normalized spacial score (nSPS) is 17.7. The van der Waals surface area contributed by atoms with Gasteiger partial charge < -0.3 is 19.1 Å².